The summed E-state index contributed by atoms with van der Waals surface area (Å²) < 4.78 is 7.06. The van der Waals surface area contributed by atoms with E-state index in [1.54, 1.807) is 0 Å². The highest BCUT2D eigenvalue weighted by Crippen LogP contribution is 2.25. The number of aromatic nitrogens is 2. The number of hydrogen-bond donors (Lipinski definition) is 1. The molecule has 1 heterocycles. The van der Waals surface area contributed by atoms with Gasteiger partial charge in [0.2, 0.25) is 0 Å². The van der Waals surface area contributed by atoms with Gasteiger partial charge in [-0.15, -0.1) is 0 Å². The Morgan fingerprint density at radius 3 is 2.77 bits per heavy atom. The van der Waals surface area contributed by atoms with Crippen molar-refractivity contribution in [2.45, 2.75) is 32.4 Å². The van der Waals surface area contributed by atoms with Crippen LogP contribution in [0.5, 0.6) is 5.75 Å². The Kier molecular flexibility index (Phi) is 3.91. The number of hydrogen-bond acceptors (Lipinski definition) is 4. The number of carbonyl (C=O) groups is 2. The summed E-state index contributed by atoms with van der Waals surface area (Å²) in [6.07, 6.45) is 1.88. The highest BCUT2D eigenvalue weighted by Gasteiger charge is 2.27. The molecule has 1 aromatic heterocycles. The minimum Gasteiger partial charge on any atom is -0.487 e. The van der Waals surface area contributed by atoms with Gasteiger partial charge in [-0.05, 0) is 25.0 Å². The van der Waals surface area contributed by atoms with Crippen LogP contribution in [0, 0.1) is 0 Å². The number of ether oxygens (including phenoxy) is 1. The van der Waals surface area contributed by atoms with Crippen molar-refractivity contribution >= 4 is 11.8 Å². The topological polar surface area (TPSA) is 81.4 Å². The molecule has 0 bridgehead atoms. The van der Waals surface area contributed by atoms with E-state index in [1.165, 1.54) is 4.68 Å². The molecule has 0 aliphatic heterocycles. The van der Waals surface area contributed by atoms with Crippen LogP contribution in [0.3, 0.4) is 0 Å². The summed E-state index contributed by atoms with van der Waals surface area (Å²) in [4.78, 5) is 23.1. The highest BCUT2D eigenvalue weighted by molar-refractivity contribution is 5.99. The molecule has 0 atom stereocenters. The average Bonchev–Trinajstić information content (AvgIpc) is 2.85. The van der Waals surface area contributed by atoms with Gasteiger partial charge in [0.15, 0.2) is 5.78 Å². The Labute approximate surface area is 127 Å². The highest BCUT2D eigenvalue weighted by atomic mass is 16.5. The third kappa shape index (κ3) is 2.86. The lowest BCUT2D eigenvalue weighted by atomic mass is 9.94. The molecule has 22 heavy (non-hydrogen) atoms. The predicted octanol–water partition coefficient (Wildman–Crippen LogP) is 2.07. The van der Waals surface area contributed by atoms with E-state index in [2.05, 4.69) is 5.10 Å². The maximum Gasteiger partial charge on any atom is 0.325 e. The number of benzene rings is 1. The van der Waals surface area contributed by atoms with E-state index < -0.39 is 5.97 Å². The Morgan fingerprint density at radius 2 is 2.05 bits per heavy atom. The number of aliphatic carboxylic acids is 1. The van der Waals surface area contributed by atoms with Crippen LogP contribution in [0.1, 0.15) is 34.6 Å². The molecule has 0 unspecified atom stereocenters. The van der Waals surface area contributed by atoms with Crippen LogP contribution >= 0.6 is 0 Å². The fourth-order valence-electron chi connectivity index (χ4n) is 2.70. The Balaban J connectivity index is 1.88. The average molecular weight is 300 g/mol. The molecule has 0 saturated heterocycles. The number of carboxylic acid groups (broad SMARTS) is 1. The third-order valence-electron chi connectivity index (χ3n) is 3.63. The van der Waals surface area contributed by atoms with E-state index in [4.69, 9.17) is 9.84 Å². The van der Waals surface area contributed by atoms with Crippen LogP contribution in [0.2, 0.25) is 0 Å². The summed E-state index contributed by atoms with van der Waals surface area (Å²) in [6.45, 7) is -0.0777. The fourth-order valence-corrected chi connectivity index (χ4v) is 2.70. The molecule has 114 valence electrons. The second-order valence-corrected chi connectivity index (χ2v) is 5.20. The molecule has 0 radical (unpaired) electrons. The normalized spacial score (nSPS) is 13.7. The van der Waals surface area contributed by atoms with Gasteiger partial charge in [-0.25, -0.2) is 0 Å². The lowest BCUT2D eigenvalue weighted by molar-refractivity contribution is -0.137. The van der Waals surface area contributed by atoms with Crippen molar-refractivity contribution in [1.82, 2.24) is 9.78 Å². The summed E-state index contributed by atoms with van der Waals surface area (Å²) in [5.74, 6) is -0.268. The van der Waals surface area contributed by atoms with E-state index in [0.29, 0.717) is 35.5 Å². The molecule has 6 nitrogen and oxygen atoms in total. The van der Waals surface area contributed by atoms with Gasteiger partial charge in [0, 0.05) is 6.42 Å². The molecule has 0 fully saturated rings. The van der Waals surface area contributed by atoms with Gasteiger partial charge >= 0.3 is 5.97 Å². The van der Waals surface area contributed by atoms with Crippen molar-refractivity contribution in [2.24, 2.45) is 0 Å². The first-order chi connectivity index (χ1) is 10.6. The van der Waals surface area contributed by atoms with Gasteiger partial charge in [0.25, 0.3) is 0 Å². The molecule has 0 saturated carbocycles. The van der Waals surface area contributed by atoms with Crippen molar-refractivity contribution in [3.63, 3.8) is 0 Å². The van der Waals surface area contributed by atoms with Crippen LogP contribution in [0.4, 0.5) is 0 Å². The molecular weight excluding hydrogens is 284 g/mol. The number of ketones is 1. The minimum absolute atomic E-state index is 0.0181. The van der Waals surface area contributed by atoms with Crippen LogP contribution in [-0.4, -0.2) is 26.6 Å². The Bertz CT molecular complexity index is 706. The third-order valence-corrected chi connectivity index (χ3v) is 3.63. The van der Waals surface area contributed by atoms with Gasteiger partial charge in [-0.3, -0.25) is 14.3 Å². The quantitative estimate of drug-likeness (QED) is 0.914. The van der Waals surface area contributed by atoms with E-state index in [9.17, 15) is 9.59 Å². The first-order valence-electron chi connectivity index (χ1n) is 7.16. The number of carbonyl (C=O) groups excluding carboxylic acids is 1. The largest absolute Gasteiger partial charge is 0.487 e. The van der Waals surface area contributed by atoms with Gasteiger partial charge in [-0.1, -0.05) is 18.2 Å². The SMILES string of the molecule is O=C(O)Cn1nc(COc2ccccc2)c2c1CCCC2=O. The summed E-state index contributed by atoms with van der Waals surface area (Å²) >= 11 is 0. The van der Waals surface area contributed by atoms with E-state index in [0.717, 1.165) is 6.42 Å². The Morgan fingerprint density at radius 1 is 1.27 bits per heavy atom. The van der Waals surface area contributed by atoms with Crippen LogP contribution < -0.4 is 4.74 Å². The number of carboxylic acids is 1. The number of rotatable bonds is 5. The smallest absolute Gasteiger partial charge is 0.325 e. The van der Waals surface area contributed by atoms with Crippen molar-refractivity contribution in [2.75, 3.05) is 0 Å². The first-order valence-corrected chi connectivity index (χ1v) is 7.16. The molecule has 3 rings (SSSR count). The lowest BCUT2D eigenvalue weighted by Gasteiger charge is -2.12. The second-order valence-electron chi connectivity index (χ2n) is 5.20. The monoisotopic (exact) mass is 300 g/mol. The van der Waals surface area contributed by atoms with E-state index in [1.807, 2.05) is 30.3 Å². The lowest BCUT2D eigenvalue weighted by Crippen LogP contribution is -2.17. The maximum atomic E-state index is 12.2. The van der Waals surface area contributed by atoms with Gasteiger partial charge in [0.05, 0.1) is 11.3 Å². The summed E-state index contributed by atoms with van der Waals surface area (Å²) in [6, 6.07) is 9.25. The first kappa shape index (κ1) is 14.3. The zero-order valence-electron chi connectivity index (χ0n) is 12.0. The number of fused-ring (bicyclic) bond motifs is 1. The molecule has 0 spiro atoms. The van der Waals surface area contributed by atoms with Crippen LogP contribution in [0.15, 0.2) is 30.3 Å². The van der Waals surface area contributed by atoms with Crippen molar-refractivity contribution < 1.29 is 19.4 Å². The van der Waals surface area contributed by atoms with Crippen LogP contribution in [-0.2, 0) is 24.4 Å². The van der Waals surface area contributed by atoms with Crippen LogP contribution in [0.25, 0.3) is 0 Å². The van der Waals surface area contributed by atoms with Crippen molar-refractivity contribution in [3.8, 4) is 5.75 Å². The standard InChI is InChI=1S/C16H16N2O4/c19-14-8-4-7-13-16(14)12(17-18(13)9-15(20)21)10-22-11-5-2-1-3-6-11/h1-3,5-6H,4,7-10H2,(H,20,21). The molecule has 6 heteroatoms. The zero-order valence-corrected chi connectivity index (χ0v) is 12.0. The zero-order chi connectivity index (χ0) is 15.5. The summed E-state index contributed by atoms with van der Waals surface area (Å²) in [5.41, 5.74) is 1.78. The maximum absolute atomic E-state index is 12.2. The van der Waals surface area contributed by atoms with Gasteiger partial charge < -0.3 is 9.84 Å². The summed E-state index contributed by atoms with van der Waals surface area (Å²) in [7, 11) is 0. The molecule has 1 N–H and O–H groups in total. The second kappa shape index (κ2) is 6.01. The van der Waals surface area contributed by atoms with Crippen molar-refractivity contribution in [3.05, 3.63) is 47.3 Å². The van der Waals surface area contributed by atoms with E-state index in [-0.39, 0.29) is 18.9 Å². The minimum atomic E-state index is -0.973. The number of Topliss-reactive ketones (excluding diaryl/α,β-unsaturated/α-hetero) is 1. The van der Waals surface area contributed by atoms with Crippen molar-refractivity contribution in [1.29, 1.82) is 0 Å². The van der Waals surface area contributed by atoms with E-state index >= 15 is 0 Å². The van der Waals surface area contributed by atoms with Gasteiger partial charge in [-0.2, -0.15) is 5.10 Å². The number of nitrogens with zero attached hydrogens (tertiary/aromatic N) is 2. The number of para-hydroxylation sites is 1. The summed E-state index contributed by atoms with van der Waals surface area (Å²) in [5, 5.41) is 13.3. The fraction of sp³-hybridized carbons (Fsp3) is 0.312. The molecule has 1 aromatic carbocycles. The molecular formula is C16H16N2O4. The van der Waals surface area contributed by atoms with Gasteiger partial charge in [0.1, 0.15) is 24.6 Å². The molecule has 1 aliphatic rings. The molecule has 0 amide bonds. The Hall–Kier alpha value is -2.63. The molecule has 2 aromatic rings. The predicted molar refractivity (Wildman–Crippen MR) is 77.9 cm³/mol. The molecule has 1 aliphatic carbocycles.